The highest BCUT2D eigenvalue weighted by Crippen LogP contribution is 2.29. The van der Waals surface area contributed by atoms with E-state index in [4.69, 9.17) is 9.47 Å². The number of carbonyl (C=O) groups excluding carboxylic acids is 9. The van der Waals surface area contributed by atoms with E-state index in [9.17, 15) is 39.0 Å². The maximum Gasteiger partial charge on any atom is 0.408 e. The summed E-state index contributed by atoms with van der Waals surface area (Å²) in [6.45, 7) is 11.7. The number of phenols is 1. The summed E-state index contributed by atoms with van der Waals surface area (Å²) in [5.74, 6) is -5.96. The number of nitrogens with zero attached hydrogens (tertiary/aromatic N) is 1. The summed E-state index contributed by atoms with van der Waals surface area (Å²) in [5, 5.41) is 47.5. The van der Waals surface area contributed by atoms with Crippen molar-refractivity contribution in [3.63, 3.8) is 0 Å². The van der Waals surface area contributed by atoms with Gasteiger partial charge >= 0.3 is 12.2 Å². The molecular formula is C62H81N11O13S4. The van der Waals surface area contributed by atoms with Gasteiger partial charge in [0.05, 0.1) is 6.10 Å². The van der Waals surface area contributed by atoms with E-state index in [0.717, 1.165) is 26.6 Å². The minimum atomic E-state index is -1.70. The van der Waals surface area contributed by atoms with E-state index in [1.807, 2.05) is 30.3 Å². The fourth-order valence-corrected chi connectivity index (χ4v) is 13.1. The van der Waals surface area contributed by atoms with Crippen LogP contribution in [-0.4, -0.2) is 164 Å². The van der Waals surface area contributed by atoms with Crippen LogP contribution in [0.5, 0.6) is 5.75 Å². The lowest BCUT2D eigenvalue weighted by molar-refractivity contribution is -0.136. The highest BCUT2D eigenvalue weighted by Gasteiger charge is 2.37. The number of aromatic nitrogens is 2. The van der Waals surface area contributed by atoms with Crippen molar-refractivity contribution in [2.75, 3.05) is 30.3 Å². The lowest BCUT2D eigenvalue weighted by Gasteiger charge is -2.29. The molecule has 6 rings (SSSR count). The van der Waals surface area contributed by atoms with Crippen LogP contribution in [0.15, 0.2) is 114 Å². The summed E-state index contributed by atoms with van der Waals surface area (Å²) >= 11 is 0. The SMILES string of the molecule is C[C@@H](O)[C@@H]1NC(=O)[C@H](CCCCNC(=O)OC(C)(C)C)NC(=O)[C@@H](Cc2c[nH]c3ccccc23)NC(=O)[C@H](Cc2ccc(O)cc2)NC(=O)[C@@H](NC(=O)[C@@H](Cc2ccccc2)NC(=O)OC(C)(C)C)CSSC[C@@H](C(=O)NCCSSc2ccccn2)NC1=O. The van der Waals surface area contributed by atoms with E-state index in [2.05, 4.69) is 57.8 Å². The number of carbonyl (C=O) groups is 9. The van der Waals surface area contributed by atoms with Crippen LogP contribution >= 0.6 is 43.2 Å². The molecule has 0 spiro atoms. The molecule has 28 heteroatoms. The monoisotopic (exact) mass is 1320 g/mol. The predicted molar refractivity (Wildman–Crippen MR) is 349 cm³/mol. The molecule has 12 N–H and O–H groups in total. The van der Waals surface area contributed by atoms with Crippen molar-refractivity contribution in [2.24, 2.45) is 0 Å². The molecule has 5 aromatic rings. The molecule has 90 heavy (non-hydrogen) atoms. The number of alkyl carbamates (subject to hydrolysis) is 2. The first-order valence-electron chi connectivity index (χ1n) is 29.4. The van der Waals surface area contributed by atoms with Gasteiger partial charge in [-0.1, -0.05) is 99.1 Å². The average molecular weight is 1320 g/mol. The number of aromatic hydroxyl groups is 1. The molecule has 3 heterocycles. The highest BCUT2D eigenvalue weighted by molar-refractivity contribution is 8.77. The van der Waals surface area contributed by atoms with E-state index in [1.54, 1.807) is 109 Å². The fraction of sp³-hybridized carbons (Fsp3) is 0.452. The first kappa shape index (κ1) is 71.4. The van der Waals surface area contributed by atoms with E-state index >= 15 is 14.4 Å². The molecule has 1 aliphatic rings. The number of phenolic OH excluding ortho intramolecular Hbond substituents is 1. The number of aromatic amines is 1. The summed E-state index contributed by atoms with van der Waals surface area (Å²) in [6, 6.07) is 17.2. The van der Waals surface area contributed by atoms with Gasteiger partial charge in [-0.05, 0) is 126 Å². The highest BCUT2D eigenvalue weighted by atomic mass is 33.1. The summed E-state index contributed by atoms with van der Waals surface area (Å²) in [6.07, 6.45) is 0.185. The van der Waals surface area contributed by atoms with Crippen LogP contribution in [0.3, 0.4) is 0 Å². The predicted octanol–water partition coefficient (Wildman–Crippen LogP) is 5.13. The molecule has 8 atom stereocenters. The van der Waals surface area contributed by atoms with Gasteiger partial charge in [0.2, 0.25) is 41.4 Å². The lowest BCUT2D eigenvalue weighted by Crippen LogP contribution is -2.62. The zero-order chi connectivity index (χ0) is 65.4. The topological polar surface area (TPSA) is 349 Å². The number of nitrogens with one attached hydrogen (secondary N) is 10. The number of pyridine rings is 1. The molecule has 1 saturated heterocycles. The van der Waals surface area contributed by atoms with Gasteiger partial charge in [0.25, 0.3) is 0 Å². The molecule has 0 unspecified atom stereocenters. The Balaban J connectivity index is 1.39. The van der Waals surface area contributed by atoms with Gasteiger partial charge in [-0.25, -0.2) is 14.6 Å². The van der Waals surface area contributed by atoms with Crippen molar-refractivity contribution in [3.05, 3.63) is 126 Å². The largest absolute Gasteiger partial charge is 0.508 e. The molecule has 486 valence electrons. The van der Waals surface area contributed by atoms with Crippen LogP contribution in [0.1, 0.15) is 84.4 Å². The summed E-state index contributed by atoms with van der Waals surface area (Å²) in [4.78, 5) is 137. The third-order valence-electron chi connectivity index (χ3n) is 13.4. The van der Waals surface area contributed by atoms with Crippen LogP contribution in [-0.2, 0) is 62.3 Å². The first-order valence-corrected chi connectivity index (χ1v) is 34.2. The molecule has 0 radical (unpaired) electrons. The van der Waals surface area contributed by atoms with Gasteiger partial charge in [-0.2, -0.15) is 0 Å². The third-order valence-corrected chi connectivity index (χ3v) is 18.1. The van der Waals surface area contributed by atoms with Crippen LogP contribution in [0, 0.1) is 0 Å². The summed E-state index contributed by atoms with van der Waals surface area (Å²) < 4.78 is 10.9. The van der Waals surface area contributed by atoms with E-state index in [0.29, 0.717) is 33.3 Å². The average Bonchev–Trinajstić information content (AvgIpc) is 2.02. The zero-order valence-electron chi connectivity index (χ0n) is 51.3. The van der Waals surface area contributed by atoms with Crippen molar-refractivity contribution in [3.8, 4) is 5.75 Å². The number of unbranched alkanes of at least 4 members (excludes halogenated alkanes) is 1. The molecular weight excluding hydrogens is 1240 g/mol. The van der Waals surface area contributed by atoms with Crippen molar-refractivity contribution in [1.82, 2.24) is 57.8 Å². The Kier molecular flexibility index (Phi) is 27.8. The molecule has 2 aromatic heterocycles. The number of H-pyrrole nitrogens is 1. The van der Waals surface area contributed by atoms with Crippen LogP contribution in [0.25, 0.3) is 10.9 Å². The Morgan fingerprint density at radius 3 is 2.00 bits per heavy atom. The smallest absolute Gasteiger partial charge is 0.408 e. The van der Waals surface area contributed by atoms with Crippen molar-refractivity contribution in [1.29, 1.82) is 0 Å². The number of amides is 9. The van der Waals surface area contributed by atoms with Gasteiger partial charge in [-0.3, -0.25) is 33.6 Å². The second-order valence-electron chi connectivity index (χ2n) is 23.2. The Hall–Kier alpha value is -7.66. The van der Waals surface area contributed by atoms with E-state index < -0.39 is 113 Å². The molecule has 1 aliphatic heterocycles. The van der Waals surface area contributed by atoms with E-state index in [1.165, 1.54) is 40.6 Å². The zero-order valence-corrected chi connectivity index (χ0v) is 54.5. The maximum atomic E-state index is 15.1. The number of para-hydroxylation sites is 1. The third kappa shape index (κ3) is 24.6. The van der Waals surface area contributed by atoms with E-state index in [-0.39, 0.29) is 68.9 Å². The Morgan fingerprint density at radius 1 is 0.678 bits per heavy atom. The molecule has 24 nitrogen and oxygen atoms in total. The summed E-state index contributed by atoms with van der Waals surface area (Å²) in [7, 11) is 4.90. The summed E-state index contributed by atoms with van der Waals surface area (Å²) in [5.41, 5.74) is 0.710. The molecule has 9 amide bonds. The van der Waals surface area contributed by atoms with Crippen LogP contribution < -0.4 is 47.9 Å². The van der Waals surface area contributed by atoms with Crippen molar-refractivity contribution < 1.29 is 62.8 Å². The van der Waals surface area contributed by atoms with Gasteiger partial charge in [-0.15, -0.1) is 0 Å². The van der Waals surface area contributed by atoms with Gasteiger partial charge in [0, 0.05) is 72.9 Å². The number of rotatable bonds is 21. The normalized spacial score (nSPS) is 19.9. The first-order chi connectivity index (χ1) is 42.8. The molecule has 1 fully saturated rings. The minimum Gasteiger partial charge on any atom is -0.508 e. The number of ether oxygens (including phenoxy) is 2. The minimum absolute atomic E-state index is 0.0369. The fourth-order valence-electron chi connectivity index (χ4n) is 9.01. The number of fused-ring (bicyclic) bond motifs is 1. The molecule has 0 aliphatic carbocycles. The molecule has 0 saturated carbocycles. The van der Waals surface area contributed by atoms with Gasteiger partial charge in [0.1, 0.15) is 64.3 Å². The Morgan fingerprint density at radius 2 is 1.31 bits per heavy atom. The van der Waals surface area contributed by atoms with Gasteiger partial charge < -0.3 is 72.5 Å². The quantitative estimate of drug-likeness (QED) is 0.0335. The van der Waals surface area contributed by atoms with Crippen molar-refractivity contribution >= 4 is 108 Å². The Bertz CT molecular complexity index is 3210. The molecule has 0 bridgehead atoms. The van der Waals surface area contributed by atoms with Crippen LogP contribution in [0.2, 0.25) is 0 Å². The Labute approximate surface area is 539 Å². The maximum absolute atomic E-state index is 15.1. The lowest BCUT2D eigenvalue weighted by atomic mass is 10.0. The van der Waals surface area contributed by atoms with Gasteiger partial charge in [0.15, 0.2) is 0 Å². The standard InChI is InChI=1S/C62H81N11O13S4/c1-37(74)51-58(82)71-48(52(76)64-29-30-87-90-50-22-14-16-27-63-50)35-88-89-36-49(70-55(79)46(31-38-17-9-8-10-18-38)72-60(84)86-62(5,6)7)57(81)68-45(32-39-23-25-41(75)26-24-39)54(78)69-47(33-40-34-66-43-20-12-11-19-42(40)43)56(80)67-44(53(77)73-51)21-13-15-28-65-59(83)85-61(2,3)4/h8-12,14,16-20,22-27,34,37,44-49,51,66,74-75H,13,15,21,28-33,35-36H2,1-7H3,(H,64,76)(H,65,83)(H,67,80)(H,68,81)(H,69,78)(H,70,79)(H,71,82)(H,72,84)(H,73,77)/t37-,44+,45+,46-,47-,48+,49+,51+/m1/s1. The number of benzene rings is 3. The molecule has 3 aromatic carbocycles. The number of hydrogen-bond acceptors (Lipinski definition) is 18. The number of aliphatic hydroxyl groups is 1. The number of aliphatic hydroxyl groups excluding tert-OH is 1. The number of hydrogen-bond donors (Lipinski definition) is 12. The van der Waals surface area contributed by atoms with Crippen molar-refractivity contribution in [2.45, 2.75) is 152 Å². The second kappa shape index (κ2) is 35.1. The second-order valence-corrected chi connectivity index (χ2v) is 28.2. The van der Waals surface area contributed by atoms with Crippen LogP contribution in [0.4, 0.5) is 9.59 Å².